The van der Waals surface area contributed by atoms with Crippen LogP contribution in [0.15, 0.2) is 18.2 Å². The van der Waals surface area contributed by atoms with Crippen LogP contribution in [0.1, 0.15) is 57.9 Å². The Morgan fingerprint density at radius 2 is 1.90 bits per heavy atom. The van der Waals surface area contributed by atoms with Crippen LogP contribution < -0.4 is 5.32 Å². The van der Waals surface area contributed by atoms with Gasteiger partial charge in [0.1, 0.15) is 11.6 Å². The molecule has 1 N–H and O–H groups in total. The highest BCUT2D eigenvalue weighted by molar-refractivity contribution is 5.20. The average Bonchev–Trinajstić information content (AvgIpc) is 2.46. The smallest absolute Gasteiger partial charge is 0.129 e. The van der Waals surface area contributed by atoms with E-state index in [9.17, 15) is 8.78 Å². The zero-order valence-corrected chi connectivity index (χ0v) is 13.2. The highest BCUT2D eigenvalue weighted by Gasteiger charge is 2.35. The Kier molecular flexibility index (Phi) is 5.74. The molecule has 118 valence electrons. The van der Waals surface area contributed by atoms with Gasteiger partial charge >= 0.3 is 0 Å². The number of hydrogen-bond acceptors (Lipinski definition) is 1. The molecule has 1 saturated carbocycles. The summed E-state index contributed by atoms with van der Waals surface area (Å²) in [6, 6.07) is 4.21. The van der Waals surface area contributed by atoms with Gasteiger partial charge in [-0.25, -0.2) is 8.78 Å². The van der Waals surface area contributed by atoms with Gasteiger partial charge in [0.05, 0.1) is 0 Å². The molecule has 1 aromatic carbocycles. The van der Waals surface area contributed by atoms with E-state index < -0.39 is 11.6 Å². The van der Waals surface area contributed by atoms with E-state index in [1.165, 1.54) is 38.2 Å². The minimum Gasteiger partial charge on any atom is -0.313 e. The zero-order valence-electron chi connectivity index (χ0n) is 13.2. The molecule has 0 heterocycles. The summed E-state index contributed by atoms with van der Waals surface area (Å²) < 4.78 is 27.0. The van der Waals surface area contributed by atoms with E-state index in [1.54, 1.807) is 6.07 Å². The van der Waals surface area contributed by atoms with Gasteiger partial charge in [-0.1, -0.05) is 39.2 Å². The molecule has 21 heavy (non-hydrogen) atoms. The zero-order chi connectivity index (χ0) is 15.3. The molecule has 1 aliphatic carbocycles. The van der Waals surface area contributed by atoms with Crippen LogP contribution in [0.3, 0.4) is 0 Å². The third-order valence-electron chi connectivity index (χ3n) is 4.92. The van der Waals surface area contributed by atoms with Crippen molar-refractivity contribution in [2.24, 2.45) is 5.41 Å². The minimum atomic E-state index is -0.502. The van der Waals surface area contributed by atoms with E-state index >= 15 is 0 Å². The quantitative estimate of drug-likeness (QED) is 0.791. The lowest BCUT2D eigenvalue weighted by Crippen LogP contribution is -2.46. The van der Waals surface area contributed by atoms with Crippen molar-refractivity contribution < 1.29 is 8.78 Å². The van der Waals surface area contributed by atoms with Gasteiger partial charge < -0.3 is 5.32 Å². The van der Waals surface area contributed by atoms with Gasteiger partial charge in [0.15, 0.2) is 0 Å². The molecule has 0 amide bonds. The standard InChI is InChI=1S/C18H27F2N/c1-3-11-21-17(18(2)9-5-4-6-10-18)12-14-7-8-15(19)13-16(14)20/h7-8,13,17,21H,3-6,9-12H2,1-2H3. The monoisotopic (exact) mass is 295 g/mol. The summed E-state index contributed by atoms with van der Waals surface area (Å²) in [5, 5.41) is 3.61. The summed E-state index contributed by atoms with van der Waals surface area (Å²) in [5.74, 6) is -0.920. The average molecular weight is 295 g/mol. The molecule has 1 aromatic rings. The van der Waals surface area contributed by atoms with Crippen LogP contribution in [0.5, 0.6) is 0 Å². The van der Waals surface area contributed by atoms with E-state index in [4.69, 9.17) is 0 Å². The third kappa shape index (κ3) is 4.26. The second-order valence-electron chi connectivity index (χ2n) is 6.66. The second-order valence-corrected chi connectivity index (χ2v) is 6.66. The first-order valence-electron chi connectivity index (χ1n) is 8.22. The van der Waals surface area contributed by atoms with E-state index in [0.29, 0.717) is 12.0 Å². The fourth-order valence-corrected chi connectivity index (χ4v) is 3.50. The van der Waals surface area contributed by atoms with Crippen LogP contribution >= 0.6 is 0 Å². The predicted molar refractivity (Wildman–Crippen MR) is 83.3 cm³/mol. The molecule has 1 unspecified atom stereocenters. The summed E-state index contributed by atoms with van der Waals surface area (Å²) in [6.07, 6.45) is 7.91. The third-order valence-corrected chi connectivity index (χ3v) is 4.92. The molecule has 0 aromatic heterocycles. The highest BCUT2D eigenvalue weighted by atomic mass is 19.1. The maximum absolute atomic E-state index is 14.0. The lowest BCUT2D eigenvalue weighted by atomic mass is 9.69. The van der Waals surface area contributed by atoms with Crippen LogP contribution in [-0.4, -0.2) is 12.6 Å². The molecule has 3 heteroatoms. The molecule has 0 bridgehead atoms. The van der Waals surface area contributed by atoms with Crippen molar-refractivity contribution in [2.75, 3.05) is 6.54 Å². The van der Waals surface area contributed by atoms with Crippen molar-refractivity contribution in [1.82, 2.24) is 5.32 Å². The number of hydrogen-bond donors (Lipinski definition) is 1. The Labute approximate surface area is 127 Å². The highest BCUT2D eigenvalue weighted by Crippen LogP contribution is 2.40. The summed E-state index contributed by atoms with van der Waals surface area (Å²) in [6.45, 7) is 5.41. The van der Waals surface area contributed by atoms with Gasteiger partial charge in [0, 0.05) is 12.1 Å². The summed E-state index contributed by atoms with van der Waals surface area (Å²) in [7, 11) is 0. The fraction of sp³-hybridized carbons (Fsp3) is 0.667. The number of benzene rings is 1. The first-order valence-corrected chi connectivity index (χ1v) is 8.22. The maximum atomic E-state index is 14.0. The van der Waals surface area contributed by atoms with Crippen molar-refractivity contribution in [3.8, 4) is 0 Å². The lowest BCUT2D eigenvalue weighted by Gasteiger charge is -2.41. The van der Waals surface area contributed by atoms with Crippen LogP contribution in [0, 0.1) is 17.0 Å². The molecule has 1 aliphatic rings. The van der Waals surface area contributed by atoms with E-state index in [0.717, 1.165) is 19.0 Å². The van der Waals surface area contributed by atoms with E-state index in [-0.39, 0.29) is 11.5 Å². The summed E-state index contributed by atoms with van der Waals surface area (Å²) in [5.41, 5.74) is 0.839. The molecule has 2 rings (SSSR count). The first kappa shape index (κ1) is 16.4. The van der Waals surface area contributed by atoms with Gasteiger partial charge in [-0.15, -0.1) is 0 Å². The van der Waals surface area contributed by atoms with Crippen molar-refractivity contribution in [1.29, 1.82) is 0 Å². The molecular weight excluding hydrogens is 268 g/mol. The Hall–Kier alpha value is -0.960. The van der Waals surface area contributed by atoms with Crippen molar-refractivity contribution in [2.45, 2.75) is 64.8 Å². The van der Waals surface area contributed by atoms with E-state index in [1.807, 2.05) is 0 Å². The van der Waals surface area contributed by atoms with E-state index in [2.05, 4.69) is 19.2 Å². The molecule has 0 saturated heterocycles. The molecule has 0 aliphatic heterocycles. The molecule has 0 spiro atoms. The van der Waals surface area contributed by atoms with Crippen molar-refractivity contribution in [3.05, 3.63) is 35.4 Å². The Balaban J connectivity index is 2.15. The van der Waals surface area contributed by atoms with Gasteiger partial charge in [-0.3, -0.25) is 0 Å². The number of halogens is 2. The van der Waals surface area contributed by atoms with Crippen molar-refractivity contribution in [3.63, 3.8) is 0 Å². The van der Waals surface area contributed by atoms with Gasteiger partial charge in [0.25, 0.3) is 0 Å². The fourth-order valence-electron chi connectivity index (χ4n) is 3.50. The lowest BCUT2D eigenvalue weighted by molar-refractivity contribution is 0.143. The predicted octanol–water partition coefficient (Wildman–Crippen LogP) is 4.85. The molecule has 0 radical (unpaired) electrons. The number of nitrogens with one attached hydrogen (secondary N) is 1. The van der Waals surface area contributed by atoms with Gasteiger partial charge in [-0.2, -0.15) is 0 Å². The Bertz CT molecular complexity index is 453. The second kappa shape index (κ2) is 7.35. The molecule has 1 atom stereocenters. The molecular formula is C18H27F2N. The van der Waals surface area contributed by atoms with Crippen LogP contribution in [0.4, 0.5) is 8.78 Å². The normalized spacial score (nSPS) is 19.4. The summed E-state index contributed by atoms with van der Waals surface area (Å²) >= 11 is 0. The SMILES string of the molecule is CCCNC(Cc1ccc(F)cc1F)C1(C)CCCCC1. The Morgan fingerprint density at radius 1 is 1.19 bits per heavy atom. The maximum Gasteiger partial charge on any atom is 0.129 e. The topological polar surface area (TPSA) is 12.0 Å². The van der Waals surface area contributed by atoms with Crippen LogP contribution in [-0.2, 0) is 6.42 Å². The summed E-state index contributed by atoms with van der Waals surface area (Å²) in [4.78, 5) is 0. The molecule has 1 fully saturated rings. The van der Waals surface area contributed by atoms with Gasteiger partial charge in [-0.05, 0) is 49.3 Å². The van der Waals surface area contributed by atoms with Crippen LogP contribution in [0.2, 0.25) is 0 Å². The Morgan fingerprint density at radius 3 is 2.52 bits per heavy atom. The number of rotatable bonds is 6. The largest absolute Gasteiger partial charge is 0.313 e. The molecule has 1 nitrogen and oxygen atoms in total. The van der Waals surface area contributed by atoms with Crippen molar-refractivity contribution >= 4 is 0 Å². The van der Waals surface area contributed by atoms with Gasteiger partial charge in [0.2, 0.25) is 0 Å². The minimum absolute atomic E-state index is 0.217. The first-order chi connectivity index (χ1) is 10.0. The van der Waals surface area contributed by atoms with Crippen LogP contribution in [0.25, 0.3) is 0 Å².